The van der Waals surface area contributed by atoms with E-state index in [1.165, 1.54) is 23.2 Å². The van der Waals surface area contributed by atoms with Gasteiger partial charge in [-0.2, -0.15) is 0 Å². The first-order valence-electron chi connectivity index (χ1n) is 7.73. The van der Waals surface area contributed by atoms with Gasteiger partial charge in [-0.3, -0.25) is 0 Å². The van der Waals surface area contributed by atoms with Crippen LogP contribution in [-0.4, -0.2) is 23.1 Å². The van der Waals surface area contributed by atoms with Crippen LogP contribution in [-0.2, 0) is 25.7 Å². The van der Waals surface area contributed by atoms with E-state index >= 15 is 0 Å². The highest BCUT2D eigenvalue weighted by molar-refractivity contribution is 5.48. The maximum Gasteiger partial charge on any atom is 0.133 e. The van der Waals surface area contributed by atoms with Crippen molar-refractivity contribution in [2.45, 2.75) is 32.1 Å². The van der Waals surface area contributed by atoms with Gasteiger partial charge in [0.25, 0.3) is 0 Å². The van der Waals surface area contributed by atoms with Gasteiger partial charge in [-0.05, 0) is 31.2 Å². The predicted octanol–water partition coefficient (Wildman–Crippen LogP) is 2.12. The summed E-state index contributed by atoms with van der Waals surface area (Å²) in [6.45, 7) is 1.39. The standard InChI is InChI=1S/C17H22N4/c18-11-12-19-17-14-7-4-8-15(14)20-16(21-17)10-9-13-5-2-1-3-6-13/h1-3,5-6H,4,7-12,18H2,(H,19,20,21). The van der Waals surface area contributed by atoms with Gasteiger partial charge in [-0.1, -0.05) is 30.3 Å². The number of hydrogen-bond acceptors (Lipinski definition) is 4. The Kier molecular flexibility index (Phi) is 4.46. The van der Waals surface area contributed by atoms with E-state index in [0.717, 1.165) is 43.9 Å². The molecular weight excluding hydrogens is 260 g/mol. The third-order valence-corrected chi connectivity index (χ3v) is 3.90. The number of benzene rings is 1. The van der Waals surface area contributed by atoms with Crippen molar-refractivity contribution in [2.75, 3.05) is 18.4 Å². The van der Waals surface area contributed by atoms with Gasteiger partial charge in [-0.25, -0.2) is 9.97 Å². The lowest BCUT2D eigenvalue weighted by molar-refractivity contribution is 0.832. The molecule has 0 unspecified atom stereocenters. The lowest BCUT2D eigenvalue weighted by Crippen LogP contribution is -2.16. The summed E-state index contributed by atoms with van der Waals surface area (Å²) in [7, 11) is 0. The van der Waals surface area contributed by atoms with Gasteiger partial charge in [0, 0.05) is 30.8 Å². The predicted molar refractivity (Wildman–Crippen MR) is 85.5 cm³/mol. The summed E-state index contributed by atoms with van der Waals surface area (Å²) in [6.07, 6.45) is 5.21. The van der Waals surface area contributed by atoms with Crippen molar-refractivity contribution in [3.05, 3.63) is 53.0 Å². The van der Waals surface area contributed by atoms with Crippen LogP contribution in [0.1, 0.15) is 29.1 Å². The molecule has 3 N–H and O–H groups in total. The van der Waals surface area contributed by atoms with Crippen LogP contribution in [0.4, 0.5) is 5.82 Å². The Morgan fingerprint density at radius 3 is 2.71 bits per heavy atom. The summed E-state index contributed by atoms with van der Waals surface area (Å²) in [5.74, 6) is 1.95. The van der Waals surface area contributed by atoms with Crippen LogP contribution >= 0.6 is 0 Å². The molecule has 0 aliphatic heterocycles. The van der Waals surface area contributed by atoms with Crippen LogP contribution in [0, 0.1) is 0 Å². The maximum absolute atomic E-state index is 5.59. The molecule has 1 aliphatic carbocycles. The normalized spacial score (nSPS) is 13.2. The summed E-state index contributed by atoms with van der Waals surface area (Å²) in [5.41, 5.74) is 9.45. The molecule has 21 heavy (non-hydrogen) atoms. The molecule has 4 heteroatoms. The molecule has 0 saturated carbocycles. The van der Waals surface area contributed by atoms with Crippen LogP contribution in [0.3, 0.4) is 0 Å². The fourth-order valence-electron chi connectivity index (χ4n) is 2.83. The first-order valence-corrected chi connectivity index (χ1v) is 7.73. The molecule has 0 spiro atoms. The van der Waals surface area contributed by atoms with Crippen LogP contribution in [0.5, 0.6) is 0 Å². The number of aryl methyl sites for hydroxylation is 3. The molecule has 3 rings (SSSR count). The number of nitrogens with zero attached hydrogens (tertiary/aromatic N) is 2. The molecule has 0 amide bonds. The number of anilines is 1. The van der Waals surface area contributed by atoms with E-state index in [9.17, 15) is 0 Å². The quantitative estimate of drug-likeness (QED) is 0.852. The largest absolute Gasteiger partial charge is 0.368 e. The highest BCUT2D eigenvalue weighted by atomic mass is 15.0. The summed E-state index contributed by atoms with van der Waals surface area (Å²) in [6, 6.07) is 10.5. The third-order valence-electron chi connectivity index (χ3n) is 3.90. The van der Waals surface area contributed by atoms with Crippen molar-refractivity contribution in [3.8, 4) is 0 Å². The molecular formula is C17H22N4. The van der Waals surface area contributed by atoms with Crippen molar-refractivity contribution in [1.29, 1.82) is 0 Å². The van der Waals surface area contributed by atoms with Gasteiger partial charge in [0.05, 0.1) is 0 Å². The Morgan fingerprint density at radius 2 is 1.90 bits per heavy atom. The van der Waals surface area contributed by atoms with E-state index in [1.54, 1.807) is 0 Å². The summed E-state index contributed by atoms with van der Waals surface area (Å²) in [5, 5.41) is 3.36. The van der Waals surface area contributed by atoms with Crippen molar-refractivity contribution < 1.29 is 0 Å². The Labute approximate surface area is 125 Å². The van der Waals surface area contributed by atoms with Crippen LogP contribution in [0.25, 0.3) is 0 Å². The average Bonchev–Trinajstić information content (AvgIpc) is 3.00. The molecule has 1 aliphatic rings. The molecule has 0 saturated heterocycles. The molecule has 110 valence electrons. The van der Waals surface area contributed by atoms with Crippen LogP contribution < -0.4 is 11.1 Å². The molecule has 1 aromatic carbocycles. The van der Waals surface area contributed by atoms with Gasteiger partial charge < -0.3 is 11.1 Å². The van der Waals surface area contributed by atoms with E-state index < -0.39 is 0 Å². The topological polar surface area (TPSA) is 63.8 Å². The molecule has 0 radical (unpaired) electrons. The number of nitrogens with one attached hydrogen (secondary N) is 1. The summed E-state index contributed by atoms with van der Waals surface area (Å²) < 4.78 is 0. The van der Waals surface area contributed by atoms with Crippen molar-refractivity contribution in [3.63, 3.8) is 0 Å². The van der Waals surface area contributed by atoms with Crippen LogP contribution in [0.2, 0.25) is 0 Å². The fraction of sp³-hybridized carbons (Fsp3) is 0.412. The van der Waals surface area contributed by atoms with E-state index in [1.807, 2.05) is 6.07 Å². The number of fused-ring (bicyclic) bond motifs is 1. The third kappa shape index (κ3) is 3.39. The van der Waals surface area contributed by atoms with Gasteiger partial charge in [0.2, 0.25) is 0 Å². The van der Waals surface area contributed by atoms with Crippen molar-refractivity contribution >= 4 is 5.82 Å². The summed E-state index contributed by atoms with van der Waals surface area (Å²) in [4.78, 5) is 9.47. The second-order valence-electron chi connectivity index (χ2n) is 5.47. The van der Waals surface area contributed by atoms with E-state index in [0.29, 0.717) is 6.54 Å². The zero-order chi connectivity index (χ0) is 14.5. The van der Waals surface area contributed by atoms with Crippen molar-refractivity contribution in [2.24, 2.45) is 5.73 Å². The van der Waals surface area contributed by atoms with Crippen LogP contribution in [0.15, 0.2) is 30.3 Å². The zero-order valence-corrected chi connectivity index (χ0v) is 12.3. The minimum Gasteiger partial charge on any atom is -0.368 e. The molecule has 0 bridgehead atoms. The Bertz CT molecular complexity index is 595. The second-order valence-corrected chi connectivity index (χ2v) is 5.47. The Hall–Kier alpha value is -1.94. The molecule has 0 atom stereocenters. The molecule has 1 heterocycles. The van der Waals surface area contributed by atoms with Gasteiger partial charge >= 0.3 is 0 Å². The first kappa shape index (κ1) is 14.0. The lowest BCUT2D eigenvalue weighted by atomic mass is 10.1. The highest BCUT2D eigenvalue weighted by Gasteiger charge is 2.18. The zero-order valence-electron chi connectivity index (χ0n) is 12.3. The maximum atomic E-state index is 5.59. The Balaban J connectivity index is 1.76. The fourth-order valence-corrected chi connectivity index (χ4v) is 2.83. The smallest absolute Gasteiger partial charge is 0.133 e. The molecule has 1 aromatic heterocycles. The molecule has 2 aromatic rings. The highest BCUT2D eigenvalue weighted by Crippen LogP contribution is 2.26. The van der Waals surface area contributed by atoms with E-state index in [-0.39, 0.29) is 0 Å². The molecule has 0 fully saturated rings. The SMILES string of the molecule is NCCNc1nc(CCc2ccccc2)nc2c1CCC2. The number of aromatic nitrogens is 2. The minimum atomic E-state index is 0.623. The Morgan fingerprint density at radius 1 is 1.05 bits per heavy atom. The summed E-state index contributed by atoms with van der Waals surface area (Å²) >= 11 is 0. The number of hydrogen-bond donors (Lipinski definition) is 2. The van der Waals surface area contributed by atoms with Gasteiger partial charge in [0.1, 0.15) is 11.6 Å². The second kappa shape index (κ2) is 6.68. The van der Waals surface area contributed by atoms with Gasteiger partial charge in [0.15, 0.2) is 0 Å². The van der Waals surface area contributed by atoms with E-state index in [4.69, 9.17) is 15.7 Å². The van der Waals surface area contributed by atoms with Crippen molar-refractivity contribution in [1.82, 2.24) is 9.97 Å². The lowest BCUT2D eigenvalue weighted by Gasteiger charge is -2.11. The molecule has 4 nitrogen and oxygen atoms in total. The van der Waals surface area contributed by atoms with E-state index in [2.05, 4.69) is 29.6 Å². The van der Waals surface area contributed by atoms with Gasteiger partial charge in [-0.15, -0.1) is 0 Å². The minimum absolute atomic E-state index is 0.623. The first-order chi connectivity index (χ1) is 10.4. The monoisotopic (exact) mass is 282 g/mol. The number of nitrogens with two attached hydrogens (primary N) is 1. The number of rotatable bonds is 6. The average molecular weight is 282 g/mol.